The molecule has 0 heterocycles. The number of amides is 2. The van der Waals surface area contributed by atoms with Gasteiger partial charge in [-0.3, -0.25) is 9.59 Å². The number of aryl methyl sites for hydroxylation is 1. The fourth-order valence-electron chi connectivity index (χ4n) is 4.04. The van der Waals surface area contributed by atoms with E-state index in [1.54, 1.807) is 24.3 Å². The second-order valence-electron chi connectivity index (χ2n) is 9.75. The summed E-state index contributed by atoms with van der Waals surface area (Å²) in [5.41, 5.74) is 2.37. The number of sulfonamides is 1. The standard InChI is InChI=1S/C30H36FN3O4S/c1-5-23(3)32-30(36)28(19-24-9-7-6-8-10-24)34(20-25-13-15-26(31)16-14-25)29(35)21-33(4)39(37,38)27-17-11-22(2)12-18-27/h6-18,23,28H,5,19-21H2,1-4H3,(H,32,36)/t23-,28-/m1/s1. The normalized spacial score (nSPS) is 13.1. The van der Waals surface area contributed by atoms with Crippen LogP contribution in [0.1, 0.15) is 37.0 Å². The molecule has 0 spiro atoms. The summed E-state index contributed by atoms with van der Waals surface area (Å²) >= 11 is 0. The summed E-state index contributed by atoms with van der Waals surface area (Å²) in [6, 6.07) is 20.3. The fraction of sp³-hybridized carbons (Fsp3) is 0.333. The van der Waals surface area contributed by atoms with Gasteiger partial charge in [-0.15, -0.1) is 0 Å². The topological polar surface area (TPSA) is 86.8 Å². The first-order chi connectivity index (χ1) is 18.5. The lowest BCUT2D eigenvalue weighted by Gasteiger charge is -2.33. The molecule has 9 heteroatoms. The van der Waals surface area contributed by atoms with Gasteiger partial charge in [-0.2, -0.15) is 4.31 Å². The van der Waals surface area contributed by atoms with Crippen LogP contribution in [0.25, 0.3) is 0 Å². The largest absolute Gasteiger partial charge is 0.352 e. The van der Waals surface area contributed by atoms with Crippen LogP contribution in [-0.4, -0.2) is 55.1 Å². The Morgan fingerprint density at radius 3 is 2.13 bits per heavy atom. The van der Waals surface area contributed by atoms with E-state index in [0.29, 0.717) is 12.0 Å². The summed E-state index contributed by atoms with van der Waals surface area (Å²) in [5.74, 6) is -1.30. The summed E-state index contributed by atoms with van der Waals surface area (Å²) in [5, 5.41) is 2.97. The summed E-state index contributed by atoms with van der Waals surface area (Å²) in [4.78, 5) is 28.8. The molecule has 0 saturated carbocycles. The first-order valence-electron chi connectivity index (χ1n) is 12.9. The number of carbonyl (C=O) groups is 2. The lowest BCUT2D eigenvalue weighted by molar-refractivity contribution is -0.141. The molecule has 1 N–H and O–H groups in total. The highest BCUT2D eigenvalue weighted by molar-refractivity contribution is 7.89. The summed E-state index contributed by atoms with van der Waals surface area (Å²) in [7, 11) is -2.61. The Hall–Kier alpha value is -3.56. The molecular weight excluding hydrogens is 517 g/mol. The second kappa shape index (κ2) is 13.5. The number of nitrogens with one attached hydrogen (secondary N) is 1. The van der Waals surface area contributed by atoms with Crippen molar-refractivity contribution in [3.63, 3.8) is 0 Å². The first-order valence-corrected chi connectivity index (χ1v) is 14.4. The minimum absolute atomic E-state index is 0.00294. The monoisotopic (exact) mass is 553 g/mol. The Kier molecular flexibility index (Phi) is 10.4. The van der Waals surface area contributed by atoms with Crippen molar-refractivity contribution in [3.05, 3.63) is 101 Å². The molecule has 3 aromatic rings. The molecule has 0 bridgehead atoms. The van der Waals surface area contributed by atoms with E-state index >= 15 is 0 Å². The van der Waals surface area contributed by atoms with Crippen molar-refractivity contribution in [2.45, 2.75) is 57.1 Å². The number of halogens is 1. The number of carbonyl (C=O) groups excluding carboxylic acids is 2. The van der Waals surface area contributed by atoms with Crippen molar-refractivity contribution in [2.75, 3.05) is 13.6 Å². The van der Waals surface area contributed by atoms with Gasteiger partial charge >= 0.3 is 0 Å². The zero-order valence-electron chi connectivity index (χ0n) is 22.8. The quantitative estimate of drug-likeness (QED) is 0.362. The molecule has 0 aliphatic carbocycles. The van der Waals surface area contributed by atoms with Crippen molar-refractivity contribution in [2.24, 2.45) is 0 Å². The van der Waals surface area contributed by atoms with E-state index < -0.39 is 34.3 Å². The van der Waals surface area contributed by atoms with E-state index in [9.17, 15) is 22.4 Å². The molecule has 0 unspecified atom stereocenters. The van der Waals surface area contributed by atoms with E-state index in [4.69, 9.17) is 0 Å². The number of rotatable bonds is 12. The smallest absolute Gasteiger partial charge is 0.243 e. The Bertz CT molecular complexity index is 1350. The lowest BCUT2D eigenvalue weighted by Crippen LogP contribution is -2.54. The molecule has 3 rings (SSSR count). The van der Waals surface area contributed by atoms with E-state index in [1.165, 1.54) is 36.2 Å². The molecule has 39 heavy (non-hydrogen) atoms. The molecule has 0 aliphatic heterocycles. The van der Waals surface area contributed by atoms with Gasteiger partial charge in [-0.1, -0.05) is 67.1 Å². The van der Waals surface area contributed by atoms with Crippen molar-refractivity contribution >= 4 is 21.8 Å². The zero-order valence-corrected chi connectivity index (χ0v) is 23.6. The lowest BCUT2D eigenvalue weighted by atomic mass is 10.0. The van der Waals surface area contributed by atoms with Crippen molar-refractivity contribution in [3.8, 4) is 0 Å². The molecular formula is C30H36FN3O4S. The maximum absolute atomic E-state index is 13.8. The highest BCUT2D eigenvalue weighted by Gasteiger charge is 2.33. The average Bonchev–Trinajstić information content (AvgIpc) is 2.92. The minimum atomic E-state index is -3.95. The van der Waals surface area contributed by atoms with Crippen molar-refractivity contribution in [1.82, 2.24) is 14.5 Å². The average molecular weight is 554 g/mol. The van der Waals surface area contributed by atoms with E-state index in [2.05, 4.69) is 5.32 Å². The van der Waals surface area contributed by atoms with E-state index in [-0.39, 0.29) is 29.8 Å². The zero-order chi connectivity index (χ0) is 28.6. The Morgan fingerprint density at radius 2 is 1.54 bits per heavy atom. The van der Waals surface area contributed by atoms with Crippen LogP contribution >= 0.6 is 0 Å². The number of benzene rings is 3. The third-order valence-electron chi connectivity index (χ3n) is 6.63. The minimum Gasteiger partial charge on any atom is -0.352 e. The van der Waals surface area contributed by atoms with Gasteiger partial charge in [0.25, 0.3) is 0 Å². The molecule has 0 aliphatic rings. The summed E-state index contributed by atoms with van der Waals surface area (Å²) < 4.78 is 41.0. The second-order valence-corrected chi connectivity index (χ2v) is 11.8. The number of hydrogen-bond donors (Lipinski definition) is 1. The predicted octanol–water partition coefficient (Wildman–Crippen LogP) is 4.31. The van der Waals surface area contributed by atoms with E-state index in [0.717, 1.165) is 15.4 Å². The molecule has 0 saturated heterocycles. The molecule has 2 amide bonds. The van der Waals surface area contributed by atoms with Crippen LogP contribution in [0.3, 0.4) is 0 Å². The SMILES string of the molecule is CC[C@@H](C)NC(=O)[C@@H](Cc1ccccc1)N(Cc1ccc(F)cc1)C(=O)CN(C)S(=O)(=O)c1ccc(C)cc1. The van der Waals surface area contributed by atoms with Crippen LogP contribution < -0.4 is 5.32 Å². The molecule has 208 valence electrons. The molecule has 3 aromatic carbocycles. The van der Waals surface area contributed by atoms with Crippen LogP contribution in [0.15, 0.2) is 83.8 Å². The third-order valence-corrected chi connectivity index (χ3v) is 8.44. The Labute approximate surface area is 230 Å². The van der Waals surface area contributed by atoms with Gasteiger partial charge in [0.2, 0.25) is 21.8 Å². The van der Waals surface area contributed by atoms with Gasteiger partial charge in [0.15, 0.2) is 0 Å². The van der Waals surface area contributed by atoms with Crippen LogP contribution in [0.2, 0.25) is 0 Å². The maximum Gasteiger partial charge on any atom is 0.243 e. The van der Waals surface area contributed by atoms with Gasteiger partial charge in [0.1, 0.15) is 11.9 Å². The Morgan fingerprint density at radius 1 is 0.923 bits per heavy atom. The highest BCUT2D eigenvalue weighted by atomic mass is 32.2. The summed E-state index contributed by atoms with van der Waals surface area (Å²) in [6.07, 6.45) is 0.928. The van der Waals surface area contributed by atoms with E-state index in [1.807, 2.05) is 51.1 Å². The fourth-order valence-corrected chi connectivity index (χ4v) is 5.16. The number of likely N-dealkylation sites (N-methyl/N-ethyl adjacent to an activating group) is 1. The number of hydrogen-bond acceptors (Lipinski definition) is 4. The van der Waals surface area contributed by atoms with Crippen molar-refractivity contribution in [1.29, 1.82) is 0 Å². The molecule has 0 aromatic heterocycles. The molecule has 0 fully saturated rings. The van der Waals surface area contributed by atoms with Gasteiger partial charge in [-0.05, 0) is 55.7 Å². The summed E-state index contributed by atoms with van der Waals surface area (Å²) in [6.45, 7) is 5.21. The predicted molar refractivity (Wildman–Crippen MR) is 150 cm³/mol. The van der Waals surface area contributed by atoms with Gasteiger partial charge in [0, 0.05) is 26.1 Å². The third kappa shape index (κ3) is 8.21. The number of nitrogens with zero attached hydrogens (tertiary/aromatic N) is 2. The maximum atomic E-state index is 13.8. The Balaban J connectivity index is 1.97. The van der Waals surface area contributed by atoms with Gasteiger partial charge in [0.05, 0.1) is 11.4 Å². The van der Waals surface area contributed by atoms with Gasteiger partial charge < -0.3 is 10.2 Å². The van der Waals surface area contributed by atoms with Crippen LogP contribution in [0.5, 0.6) is 0 Å². The first kappa shape index (κ1) is 30.0. The molecule has 2 atom stereocenters. The van der Waals surface area contributed by atoms with Crippen LogP contribution in [-0.2, 0) is 32.6 Å². The molecule has 7 nitrogen and oxygen atoms in total. The van der Waals surface area contributed by atoms with Crippen LogP contribution in [0, 0.1) is 12.7 Å². The van der Waals surface area contributed by atoms with Crippen LogP contribution in [0.4, 0.5) is 4.39 Å². The highest BCUT2D eigenvalue weighted by Crippen LogP contribution is 2.19. The molecule has 0 radical (unpaired) electrons. The van der Waals surface area contributed by atoms with Crippen molar-refractivity contribution < 1.29 is 22.4 Å². The van der Waals surface area contributed by atoms with Gasteiger partial charge in [-0.25, -0.2) is 12.8 Å².